The Balaban J connectivity index is 2.47. The molecule has 0 unspecified atom stereocenters. The summed E-state index contributed by atoms with van der Waals surface area (Å²) in [6.07, 6.45) is 0. The van der Waals surface area contributed by atoms with Crippen LogP contribution >= 0.6 is 0 Å². The van der Waals surface area contributed by atoms with E-state index in [1.807, 2.05) is 12.1 Å². The molecule has 3 rings (SSSR count). The second-order valence-corrected chi connectivity index (χ2v) is 7.11. The number of rotatable bonds is 4. The minimum absolute atomic E-state index is 0.605. The van der Waals surface area contributed by atoms with Gasteiger partial charge in [-0.25, -0.2) is 0 Å². The molecular weight excluding hydrogens is 382 g/mol. The predicted molar refractivity (Wildman–Crippen MR) is 106 cm³/mol. The monoisotopic (exact) mass is 403 g/mol. The Bertz CT molecular complexity index is 944. The van der Waals surface area contributed by atoms with Crippen molar-refractivity contribution in [3.05, 3.63) is 71.8 Å². The molecule has 0 spiro atoms. The van der Waals surface area contributed by atoms with Crippen LogP contribution in [0.4, 0.5) is 0 Å². The first-order chi connectivity index (χ1) is 14.5. The maximum absolute atomic E-state index is 13.2. The zero-order chi connectivity index (χ0) is 21.9. The molecule has 0 radical (unpaired) electrons. The van der Waals surface area contributed by atoms with Gasteiger partial charge in [-0.3, -0.25) is 14.5 Å². The average Bonchev–Trinajstić information content (AvgIpc) is 3.04. The van der Waals surface area contributed by atoms with E-state index >= 15 is 0 Å². The van der Waals surface area contributed by atoms with E-state index in [4.69, 9.17) is 9.47 Å². The van der Waals surface area contributed by atoms with E-state index in [1.165, 1.54) is 0 Å². The number of nitriles is 2. The molecule has 0 aliphatic carbocycles. The van der Waals surface area contributed by atoms with E-state index in [0.717, 1.165) is 14.2 Å². The fourth-order valence-electron chi connectivity index (χ4n) is 4.69. The third-order valence-corrected chi connectivity index (χ3v) is 5.85. The number of esters is 2. The third kappa shape index (κ3) is 2.60. The zero-order valence-corrected chi connectivity index (χ0v) is 16.9. The molecule has 1 fully saturated rings. The van der Waals surface area contributed by atoms with Crippen LogP contribution in [0.25, 0.3) is 0 Å². The van der Waals surface area contributed by atoms with Crippen molar-refractivity contribution in [2.24, 2.45) is 10.8 Å². The number of ether oxygens (including phenoxy) is 2. The Labute approximate surface area is 175 Å². The lowest BCUT2D eigenvalue weighted by atomic mass is 9.59. The van der Waals surface area contributed by atoms with Gasteiger partial charge in [0.2, 0.25) is 10.8 Å². The fourth-order valence-corrected chi connectivity index (χ4v) is 4.69. The van der Waals surface area contributed by atoms with Crippen LogP contribution < -0.4 is 0 Å². The smallest absolute Gasteiger partial charge is 0.330 e. The van der Waals surface area contributed by atoms with Gasteiger partial charge >= 0.3 is 11.9 Å². The lowest BCUT2D eigenvalue weighted by molar-refractivity contribution is -0.167. The topological polar surface area (TPSA) is 103 Å². The van der Waals surface area contributed by atoms with Crippen LogP contribution in [0.15, 0.2) is 60.7 Å². The summed E-state index contributed by atoms with van der Waals surface area (Å²) in [6, 6.07) is 19.9. The normalized spacial score (nSPS) is 28.2. The third-order valence-electron chi connectivity index (χ3n) is 5.85. The largest absolute Gasteiger partial charge is 0.468 e. The van der Waals surface area contributed by atoms with Gasteiger partial charge in [-0.05, 0) is 18.2 Å². The molecule has 7 heteroatoms. The van der Waals surface area contributed by atoms with Gasteiger partial charge in [0.25, 0.3) is 0 Å². The van der Waals surface area contributed by atoms with E-state index in [0.29, 0.717) is 11.1 Å². The molecule has 0 aromatic heterocycles. The first kappa shape index (κ1) is 21.0. The summed E-state index contributed by atoms with van der Waals surface area (Å²) in [6.45, 7) is 0. The summed E-state index contributed by atoms with van der Waals surface area (Å²) >= 11 is 0. The van der Waals surface area contributed by atoms with E-state index in [-0.39, 0.29) is 0 Å². The van der Waals surface area contributed by atoms with Crippen molar-refractivity contribution in [2.75, 3.05) is 21.3 Å². The highest BCUT2D eigenvalue weighted by Gasteiger charge is 2.78. The van der Waals surface area contributed by atoms with Gasteiger partial charge in [0.15, 0.2) is 0 Å². The summed E-state index contributed by atoms with van der Waals surface area (Å²) in [4.78, 5) is 28.2. The second-order valence-electron chi connectivity index (χ2n) is 7.11. The van der Waals surface area contributed by atoms with Crippen LogP contribution in [0.3, 0.4) is 0 Å². The molecule has 0 saturated carbocycles. The molecule has 0 bridgehead atoms. The number of nitrogens with zero attached hydrogens (tertiary/aromatic N) is 3. The van der Waals surface area contributed by atoms with Gasteiger partial charge < -0.3 is 9.47 Å². The van der Waals surface area contributed by atoms with Gasteiger partial charge in [0.05, 0.1) is 38.4 Å². The van der Waals surface area contributed by atoms with Crippen molar-refractivity contribution in [2.45, 2.75) is 12.1 Å². The summed E-state index contributed by atoms with van der Waals surface area (Å²) in [7, 11) is 3.96. The van der Waals surface area contributed by atoms with Crippen LogP contribution in [0.1, 0.15) is 23.2 Å². The fraction of sp³-hybridized carbons (Fsp3) is 0.304. The molecule has 30 heavy (non-hydrogen) atoms. The van der Waals surface area contributed by atoms with Crippen LogP contribution in [0.2, 0.25) is 0 Å². The van der Waals surface area contributed by atoms with Crippen LogP contribution in [-0.2, 0) is 19.1 Å². The van der Waals surface area contributed by atoms with Gasteiger partial charge in [-0.2, -0.15) is 10.5 Å². The summed E-state index contributed by atoms with van der Waals surface area (Å²) in [5.74, 6) is -1.92. The average molecular weight is 403 g/mol. The molecule has 1 aliphatic rings. The SMILES string of the molecule is COC(=O)[C@@]1(C#N)[C@H](c2ccccc2)N(C)[C@H](c2ccccc2)[C@]1(C#N)C(=O)OC. The molecule has 1 saturated heterocycles. The number of carbonyl (C=O) groups is 2. The highest BCUT2D eigenvalue weighted by atomic mass is 16.5. The number of hydrogen-bond donors (Lipinski definition) is 0. The molecule has 2 aromatic carbocycles. The Morgan fingerprint density at radius 1 is 0.800 bits per heavy atom. The molecule has 0 N–H and O–H groups in total. The maximum Gasteiger partial charge on any atom is 0.330 e. The maximum atomic E-state index is 13.2. The van der Waals surface area contributed by atoms with E-state index in [2.05, 4.69) is 0 Å². The summed E-state index contributed by atoms with van der Waals surface area (Å²) < 4.78 is 10.0. The van der Waals surface area contributed by atoms with Crippen LogP contribution in [0, 0.1) is 33.5 Å². The highest BCUT2D eigenvalue weighted by molar-refractivity contribution is 5.96. The number of benzene rings is 2. The first-order valence-electron chi connectivity index (χ1n) is 9.27. The molecule has 152 valence electrons. The molecule has 2 aromatic rings. The van der Waals surface area contributed by atoms with Crippen molar-refractivity contribution in [3.63, 3.8) is 0 Å². The Hall–Kier alpha value is -3.68. The standard InChI is InChI=1S/C23H21N3O4/c1-26-18(16-10-6-4-7-11-16)22(14-24,20(27)29-2)23(15-25,21(28)30-3)19(26)17-12-8-5-9-13-17/h4-13,18-19H,1-3H3/t18-,19+,22-,23-/m1/s1. The van der Waals surface area contributed by atoms with Crippen LogP contribution in [0.5, 0.6) is 0 Å². The minimum atomic E-state index is -2.17. The molecule has 7 nitrogen and oxygen atoms in total. The second kappa shape index (κ2) is 7.98. The van der Waals surface area contributed by atoms with Gasteiger partial charge in [-0.15, -0.1) is 0 Å². The Morgan fingerprint density at radius 3 is 1.40 bits per heavy atom. The van der Waals surface area contributed by atoms with Crippen molar-refractivity contribution in [3.8, 4) is 12.1 Å². The molecular formula is C23H21N3O4. The van der Waals surface area contributed by atoms with Gasteiger partial charge in [0.1, 0.15) is 0 Å². The quantitative estimate of drug-likeness (QED) is 0.723. The molecule has 1 heterocycles. The molecule has 4 atom stereocenters. The minimum Gasteiger partial charge on any atom is -0.468 e. The van der Waals surface area contributed by atoms with Crippen molar-refractivity contribution >= 4 is 11.9 Å². The summed E-state index contributed by atoms with van der Waals surface area (Å²) in [5, 5.41) is 20.8. The van der Waals surface area contributed by atoms with Gasteiger partial charge in [-0.1, -0.05) is 60.7 Å². The zero-order valence-electron chi connectivity index (χ0n) is 16.9. The number of methoxy groups -OCH3 is 2. The van der Waals surface area contributed by atoms with E-state index in [9.17, 15) is 20.1 Å². The van der Waals surface area contributed by atoms with Crippen molar-refractivity contribution in [1.29, 1.82) is 10.5 Å². The lowest BCUT2D eigenvalue weighted by Gasteiger charge is -2.35. The van der Waals surface area contributed by atoms with E-state index < -0.39 is 34.9 Å². The number of hydrogen-bond acceptors (Lipinski definition) is 7. The first-order valence-corrected chi connectivity index (χ1v) is 9.27. The highest BCUT2D eigenvalue weighted by Crippen LogP contribution is 2.66. The Kier molecular flexibility index (Phi) is 5.60. The molecule has 0 amide bonds. The van der Waals surface area contributed by atoms with Gasteiger partial charge in [0, 0.05) is 0 Å². The lowest BCUT2D eigenvalue weighted by Crippen LogP contribution is -2.52. The van der Waals surface area contributed by atoms with E-state index in [1.54, 1.807) is 72.6 Å². The predicted octanol–water partition coefficient (Wildman–Crippen LogP) is 2.78. The Morgan fingerprint density at radius 2 is 1.13 bits per heavy atom. The van der Waals surface area contributed by atoms with Crippen LogP contribution in [-0.4, -0.2) is 38.1 Å². The van der Waals surface area contributed by atoms with Crippen molar-refractivity contribution < 1.29 is 19.1 Å². The summed E-state index contributed by atoms with van der Waals surface area (Å²) in [5.41, 5.74) is -3.12. The molecule has 1 aliphatic heterocycles. The van der Waals surface area contributed by atoms with Crippen molar-refractivity contribution in [1.82, 2.24) is 4.90 Å². The number of carbonyl (C=O) groups excluding carboxylic acids is 2. The number of likely N-dealkylation sites (tertiary alicyclic amines) is 1.